The molecule has 4 rings (SSSR count). The highest BCUT2D eigenvalue weighted by Gasteiger charge is 2.09. The average Bonchev–Trinajstić information content (AvgIpc) is 2.74. The van der Waals surface area contributed by atoms with Gasteiger partial charge in [-0.05, 0) is 49.2 Å². The topological polar surface area (TPSA) is 22.1 Å². The van der Waals surface area contributed by atoms with Crippen LogP contribution in [-0.2, 0) is 0 Å². The second-order valence-electron chi connectivity index (χ2n) is 7.09. The third kappa shape index (κ3) is 3.81. The summed E-state index contributed by atoms with van der Waals surface area (Å²) in [6, 6.07) is 29.5. The smallest absolute Gasteiger partial charge is 0.118 e. The Kier molecular flexibility index (Phi) is 4.94. The number of aromatic nitrogens is 1. The molecule has 0 bridgehead atoms. The highest BCUT2D eigenvalue weighted by atomic mass is 16.5. The third-order valence-electron chi connectivity index (χ3n) is 4.94. The Hall–Kier alpha value is -3.39. The van der Waals surface area contributed by atoms with Gasteiger partial charge in [0.15, 0.2) is 0 Å². The molecule has 0 saturated carbocycles. The zero-order valence-electron chi connectivity index (χ0n) is 16.4. The summed E-state index contributed by atoms with van der Waals surface area (Å²) >= 11 is 0. The molecule has 0 aliphatic heterocycles. The van der Waals surface area contributed by atoms with Gasteiger partial charge in [-0.25, -0.2) is 4.98 Å². The van der Waals surface area contributed by atoms with Crippen LogP contribution >= 0.6 is 0 Å². The molecular weight excluding hydrogens is 342 g/mol. The standard InChI is InChI=1S/C26H23NO/c1-18-4-8-21(9-5-18)25-16-23(20-12-14-24(28-3)15-13-20)17-26(27-25)22-10-6-19(2)7-11-22/h4-17H,1-3H3. The van der Waals surface area contributed by atoms with Crippen LogP contribution in [-0.4, -0.2) is 12.1 Å². The van der Waals surface area contributed by atoms with Crippen molar-refractivity contribution in [2.75, 3.05) is 7.11 Å². The Morgan fingerprint density at radius 3 is 1.39 bits per heavy atom. The van der Waals surface area contributed by atoms with Crippen molar-refractivity contribution in [3.63, 3.8) is 0 Å². The quantitative estimate of drug-likeness (QED) is 0.401. The van der Waals surface area contributed by atoms with E-state index in [1.807, 2.05) is 12.1 Å². The lowest BCUT2D eigenvalue weighted by Gasteiger charge is -2.11. The van der Waals surface area contributed by atoms with Crippen LogP contribution in [0.4, 0.5) is 0 Å². The van der Waals surface area contributed by atoms with Gasteiger partial charge >= 0.3 is 0 Å². The summed E-state index contributed by atoms with van der Waals surface area (Å²) in [5.74, 6) is 0.857. The maximum atomic E-state index is 5.30. The minimum absolute atomic E-state index is 0.857. The summed E-state index contributed by atoms with van der Waals surface area (Å²) in [5, 5.41) is 0. The molecule has 0 spiro atoms. The molecule has 2 heteroatoms. The molecule has 0 unspecified atom stereocenters. The summed E-state index contributed by atoms with van der Waals surface area (Å²) in [6.07, 6.45) is 0. The van der Waals surface area contributed by atoms with Gasteiger partial charge < -0.3 is 4.74 Å². The van der Waals surface area contributed by atoms with E-state index in [0.29, 0.717) is 0 Å². The first-order valence-corrected chi connectivity index (χ1v) is 9.43. The minimum Gasteiger partial charge on any atom is -0.497 e. The molecule has 0 N–H and O–H groups in total. The Labute approximate surface area is 166 Å². The Morgan fingerprint density at radius 2 is 0.964 bits per heavy atom. The van der Waals surface area contributed by atoms with Gasteiger partial charge in [-0.1, -0.05) is 71.8 Å². The molecule has 1 aromatic heterocycles. The maximum Gasteiger partial charge on any atom is 0.118 e. The molecule has 0 amide bonds. The highest BCUT2D eigenvalue weighted by molar-refractivity contribution is 5.76. The molecule has 28 heavy (non-hydrogen) atoms. The summed E-state index contributed by atoms with van der Waals surface area (Å²) in [7, 11) is 1.69. The zero-order chi connectivity index (χ0) is 19.5. The first kappa shape index (κ1) is 18.0. The van der Waals surface area contributed by atoms with Crippen LogP contribution in [0, 0.1) is 13.8 Å². The number of nitrogens with zero attached hydrogens (tertiary/aromatic N) is 1. The number of ether oxygens (including phenoxy) is 1. The predicted molar refractivity (Wildman–Crippen MR) is 117 cm³/mol. The monoisotopic (exact) mass is 365 g/mol. The van der Waals surface area contributed by atoms with Gasteiger partial charge in [0.05, 0.1) is 18.5 Å². The van der Waals surface area contributed by atoms with Crippen LogP contribution in [0.15, 0.2) is 84.9 Å². The zero-order valence-corrected chi connectivity index (χ0v) is 16.4. The van der Waals surface area contributed by atoms with E-state index in [1.54, 1.807) is 7.11 Å². The molecule has 0 radical (unpaired) electrons. The van der Waals surface area contributed by atoms with E-state index in [0.717, 1.165) is 39.4 Å². The molecule has 1 heterocycles. The second-order valence-corrected chi connectivity index (χ2v) is 7.09. The normalized spacial score (nSPS) is 10.7. The molecule has 0 atom stereocenters. The number of hydrogen-bond donors (Lipinski definition) is 0. The van der Waals surface area contributed by atoms with E-state index in [9.17, 15) is 0 Å². The first-order chi connectivity index (χ1) is 13.6. The van der Waals surface area contributed by atoms with E-state index in [4.69, 9.17) is 9.72 Å². The van der Waals surface area contributed by atoms with E-state index in [-0.39, 0.29) is 0 Å². The first-order valence-electron chi connectivity index (χ1n) is 9.43. The number of methoxy groups -OCH3 is 1. The minimum atomic E-state index is 0.857. The number of benzene rings is 3. The number of aryl methyl sites for hydroxylation is 2. The Balaban J connectivity index is 1.86. The second kappa shape index (κ2) is 7.69. The summed E-state index contributed by atoms with van der Waals surface area (Å²) < 4.78 is 5.30. The number of rotatable bonds is 4. The van der Waals surface area contributed by atoms with Gasteiger partial charge in [0.2, 0.25) is 0 Å². The Bertz CT molecular complexity index is 1020. The highest BCUT2D eigenvalue weighted by Crippen LogP contribution is 2.31. The van der Waals surface area contributed by atoms with E-state index in [1.165, 1.54) is 11.1 Å². The van der Waals surface area contributed by atoms with Crippen LogP contribution in [0.5, 0.6) is 5.75 Å². The number of hydrogen-bond acceptors (Lipinski definition) is 2. The van der Waals surface area contributed by atoms with Crippen molar-refractivity contribution < 1.29 is 4.74 Å². The fourth-order valence-electron chi connectivity index (χ4n) is 3.23. The van der Waals surface area contributed by atoms with Crippen LogP contribution in [0.1, 0.15) is 11.1 Å². The molecule has 0 fully saturated rings. The van der Waals surface area contributed by atoms with Gasteiger partial charge in [-0.2, -0.15) is 0 Å². The van der Waals surface area contributed by atoms with Crippen LogP contribution in [0.25, 0.3) is 33.6 Å². The van der Waals surface area contributed by atoms with Gasteiger partial charge in [-0.3, -0.25) is 0 Å². The third-order valence-corrected chi connectivity index (χ3v) is 4.94. The largest absolute Gasteiger partial charge is 0.497 e. The van der Waals surface area contributed by atoms with E-state index >= 15 is 0 Å². The van der Waals surface area contributed by atoms with Crippen molar-refractivity contribution in [1.29, 1.82) is 0 Å². The van der Waals surface area contributed by atoms with Crippen molar-refractivity contribution in [1.82, 2.24) is 4.98 Å². The SMILES string of the molecule is COc1ccc(-c2cc(-c3ccc(C)cc3)nc(-c3ccc(C)cc3)c2)cc1. The van der Waals surface area contributed by atoms with Crippen molar-refractivity contribution in [3.05, 3.63) is 96.1 Å². The lowest BCUT2D eigenvalue weighted by atomic mass is 9.99. The molecular formula is C26H23NO. The number of pyridine rings is 1. The van der Waals surface area contributed by atoms with Gasteiger partial charge in [0.25, 0.3) is 0 Å². The fraction of sp³-hybridized carbons (Fsp3) is 0.115. The molecule has 0 aliphatic rings. The van der Waals surface area contributed by atoms with Crippen molar-refractivity contribution in [3.8, 4) is 39.4 Å². The van der Waals surface area contributed by atoms with Gasteiger partial charge in [-0.15, -0.1) is 0 Å². The van der Waals surface area contributed by atoms with Crippen LogP contribution in [0.3, 0.4) is 0 Å². The fourth-order valence-corrected chi connectivity index (χ4v) is 3.23. The average molecular weight is 365 g/mol. The molecule has 0 aliphatic carbocycles. The molecule has 2 nitrogen and oxygen atoms in total. The summed E-state index contributed by atoms with van der Waals surface area (Å²) in [4.78, 5) is 4.97. The van der Waals surface area contributed by atoms with Crippen LogP contribution < -0.4 is 4.74 Å². The van der Waals surface area contributed by atoms with Crippen molar-refractivity contribution >= 4 is 0 Å². The van der Waals surface area contributed by atoms with E-state index < -0.39 is 0 Å². The molecule has 0 saturated heterocycles. The van der Waals surface area contributed by atoms with Gasteiger partial charge in [0, 0.05) is 11.1 Å². The van der Waals surface area contributed by atoms with Gasteiger partial charge in [0.1, 0.15) is 5.75 Å². The lowest BCUT2D eigenvalue weighted by molar-refractivity contribution is 0.415. The Morgan fingerprint density at radius 1 is 0.536 bits per heavy atom. The van der Waals surface area contributed by atoms with Crippen molar-refractivity contribution in [2.45, 2.75) is 13.8 Å². The lowest BCUT2D eigenvalue weighted by Crippen LogP contribution is -1.92. The molecule has 4 aromatic rings. The molecule has 138 valence electrons. The molecule has 3 aromatic carbocycles. The summed E-state index contributed by atoms with van der Waals surface area (Å²) in [5.41, 5.74) is 8.97. The van der Waals surface area contributed by atoms with Crippen molar-refractivity contribution in [2.24, 2.45) is 0 Å². The van der Waals surface area contributed by atoms with Crippen LogP contribution in [0.2, 0.25) is 0 Å². The predicted octanol–water partition coefficient (Wildman–Crippen LogP) is 6.71. The summed E-state index contributed by atoms with van der Waals surface area (Å²) in [6.45, 7) is 4.20. The van der Waals surface area contributed by atoms with E-state index in [2.05, 4.69) is 86.6 Å². The maximum absolute atomic E-state index is 5.30.